The van der Waals surface area contributed by atoms with Crippen LogP contribution >= 0.6 is 11.3 Å². The van der Waals surface area contributed by atoms with Crippen LogP contribution in [0, 0.1) is 6.92 Å². The van der Waals surface area contributed by atoms with Crippen LogP contribution in [-0.2, 0) is 14.6 Å². The number of benzene rings is 2. The zero-order valence-corrected chi connectivity index (χ0v) is 17.8. The van der Waals surface area contributed by atoms with E-state index in [1.807, 2.05) is 56.3 Å². The van der Waals surface area contributed by atoms with E-state index in [0.717, 1.165) is 33.7 Å². The molecular formula is C19H22N4O4S2. The Morgan fingerprint density at radius 3 is 2.69 bits per heavy atom. The summed E-state index contributed by atoms with van der Waals surface area (Å²) in [7, 11) is -4.39. The second-order valence-corrected chi connectivity index (χ2v) is 8.42. The molecule has 1 aromatic heterocycles. The number of aromatic nitrogens is 1. The molecule has 1 heterocycles. The molecule has 2 aromatic carbocycles. The molecule has 0 amide bonds. The second kappa shape index (κ2) is 9.40. The Morgan fingerprint density at radius 1 is 1.21 bits per heavy atom. The van der Waals surface area contributed by atoms with Crippen molar-refractivity contribution in [3.05, 3.63) is 48.0 Å². The Balaban J connectivity index is 1.66. The van der Waals surface area contributed by atoms with Crippen LogP contribution in [0.5, 0.6) is 0 Å². The lowest BCUT2D eigenvalue weighted by Gasteiger charge is -2.23. The summed E-state index contributed by atoms with van der Waals surface area (Å²) in [5.41, 5.74) is 3.64. The van der Waals surface area contributed by atoms with Crippen molar-refractivity contribution in [2.45, 2.75) is 20.3 Å². The van der Waals surface area contributed by atoms with Crippen LogP contribution in [0.15, 0.2) is 52.7 Å². The monoisotopic (exact) mass is 434 g/mol. The summed E-state index contributed by atoms with van der Waals surface area (Å²) in [6, 6.07) is 13.7. The molecule has 0 bridgehead atoms. The van der Waals surface area contributed by atoms with Gasteiger partial charge in [-0.05, 0) is 56.2 Å². The molecule has 0 aliphatic heterocycles. The third-order valence-corrected chi connectivity index (χ3v) is 5.64. The number of hydrogen-bond donors (Lipinski definition) is 1. The fraction of sp³-hybridized carbons (Fsp3) is 0.316. The first-order chi connectivity index (χ1) is 13.9. The Hall–Kier alpha value is -2.40. The molecule has 0 unspecified atom stereocenters. The van der Waals surface area contributed by atoms with Gasteiger partial charge in [0.1, 0.15) is 0 Å². The molecule has 10 heteroatoms. The van der Waals surface area contributed by atoms with Crippen molar-refractivity contribution in [1.29, 1.82) is 0 Å². The molecule has 3 aromatic rings. The average Bonchev–Trinajstić information content (AvgIpc) is 3.09. The van der Waals surface area contributed by atoms with Gasteiger partial charge in [0, 0.05) is 18.8 Å². The lowest BCUT2D eigenvalue weighted by atomic mass is 10.1. The standard InChI is InChI=1S/C19H22N4O4S2/c1-3-23(11-6-12-27-29(24,25)26)15-9-10-16(14(2)13-15)21-22-19-20-17-7-4-5-8-18(17)28-19/h4-5,7-10,13H,3,6,11-12H2,1-2H3,(H,24,25,26)/b22-21+. The highest BCUT2D eigenvalue weighted by Gasteiger charge is 2.09. The van der Waals surface area contributed by atoms with Crippen molar-refractivity contribution in [3.8, 4) is 0 Å². The van der Waals surface area contributed by atoms with Crippen LogP contribution in [0.4, 0.5) is 16.5 Å². The molecule has 0 saturated heterocycles. The molecule has 0 aliphatic rings. The van der Waals surface area contributed by atoms with Gasteiger partial charge in [0.2, 0.25) is 5.13 Å². The molecule has 0 atom stereocenters. The third kappa shape index (κ3) is 6.04. The van der Waals surface area contributed by atoms with Crippen molar-refractivity contribution in [2.75, 3.05) is 24.6 Å². The van der Waals surface area contributed by atoms with E-state index in [0.29, 0.717) is 18.1 Å². The molecule has 29 heavy (non-hydrogen) atoms. The van der Waals surface area contributed by atoms with Crippen molar-refractivity contribution < 1.29 is 17.2 Å². The third-order valence-electron chi connectivity index (χ3n) is 4.26. The highest BCUT2D eigenvalue weighted by molar-refractivity contribution is 7.80. The number of rotatable bonds is 9. The first-order valence-corrected chi connectivity index (χ1v) is 11.3. The van der Waals surface area contributed by atoms with Crippen LogP contribution < -0.4 is 4.90 Å². The summed E-state index contributed by atoms with van der Waals surface area (Å²) in [5, 5.41) is 9.23. The summed E-state index contributed by atoms with van der Waals surface area (Å²) >= 11 is 1.49. The predicted molar refractivity (Wildman–Crippen MR) is 115 cm³/mol. The fourth-order valence-corrected chi connectivity index (χ4v) is 3.95. The van der Waals surface area contributed by atoms with Gasteiger partial charge in [0.25, 0.3) is 0 Å². The van der Waals surface area contributed by atoms with E-state index in [1.165, 1.54) is 11.3 Å². The largest absolute Gasteiger partial charge is 0.397 e. The maximum Gasteiger partial charge on any atom is 0.397 e. The van der Waals surface area contributed by atoms with E-state index in [-0.39, 0.29) is 6.61 Å². The minimum Gasteiger partial charge on any atom is -0.372 e. The Morgan fingerprint density at radius 2 is 2.00 bits per heavy atom. The number of azo groups is 1. The first-order valence-electron chi connectivity index (χ1n) is 9.10. The quantitative estimate of drug-likeness (QED) is 0.287. The highest BCUT2D eigenvalue weighted by Crippen LogP contribution is 2.31. The van der Waals surface area contributed by atoms with Crippen LogP contribution in [0.25, 0.3) is 10.2 Å². The Labute approximate surface area is 173 Å². The van der Waals surface area contributed by atoms with Crippen LogP contribution in [-0.4, -0.2) is 37.7 Å². The highest BCUT2D eigenvalue weighted by atomic mass is 32.3. The summed E-state index contributed by atoms with van der Waals surface area (Å²) < 4.78 is 35.3. The molecule has 0 aliphatic carbocycles. The Bertz CT molecular complexity index is 1080. The molecule has 0 radical (unpaired) electrons. The molecular weight excluding hydrogens is 412 g/mol. The Kier molecular flexibility index (Phi) is 6.91. The van der Waals surface area contributed by atoms with E-state index >= 15 is 0 Å². The normalized spacial score (nSPS) is 12.1. The lowest BCUT2D eigenvalue weighted by molar-refractivity contribution is 0.266. The van der Waals surface area contributed by atoms with Crippen molar-refractivity contribution in [1.82, 2.24) is 4.98 Å². The number of anilines is 1. The van der Waals surface area contributed by atoms with Crippen LogP contribution in [0.3, 0.4) is 0 Å². The summed E-state index contributed by atoms with van der Waals surface area (Å²) in [6.07, 6.45) is 0.464. The van der Waals surface area contributed by atoms with E-state index in [2.05, 4.69) is 24.3 Å². The number of hydrogen-bond acceptors (Lipinski definition) is 8. The van der Waals surface area contributed by atoms with Gasteiger partial charge in [-0.1, -0.05) is 23.5 Å². The van der Waals surface area contributed by atoms with Gasteiger partial charge in [-0.3, -0.25) is 4.55 Å². The van der Waals surface area contributed by atoms with Gasteiger partial charge in [-0.25, -0.2) is 9.17 Å². The van der Waals surface area contributed by atoms with Crippen LogP contribution in [0.2, 0.25) is 0 Å². The zero-order valence-electron chi connectivity index (χ0n) is 16.1. The van der Waals surface area contributed by atoms with Crippen molar-refractivity contribution in [3.63, 3.8) is 0 Å². The van der Waals surface area contributed by atoms with E-state index in [1.54, 1.807) is 0 Å². The smallest absolute Gasteiger partial charge is 0.372 e. The molecule has 3 rings (SSSR count). The summed E-state index contributed by atoms with van der Waals surface area (Å²) in [5.74, 6) is 0. The second-order valence-electron chi connectivity index (χ2n) is 6.32. The molecule has 0 fully saturated rings. The molecule has 1 N–H and O–H groups in total. The van der Waals surface area contributed by atoms with Gasteiger partial charge in [0.05, 0.1) is 22.5 Å². The minimum absolute atomic E-state index is 0.0667. The fourth-order valence-electron chi connectivity index (χ4n) is 2.84. The van der Waals surface area contributed by atoms with E-state index in [4.69, 9.17) is 4.55 Å². The van der Waals surface area contributed by atoms with Gasteiger partial charge in [-0.15, -0.1) is 10.2 Å². The van der Waals surface area contributed by atoms with Crippen LogP contribution in [0.1, 0.15) is 18.9 Å². The average molecular weight is 435 g/mol. The van der Waals surface area contributed by atoms with E-state index in [9.17, 15) is 8.42 Å². The van der Waals surface area contributed by atoms with E-state index < -0.39 is 10.4 Å². The minimum atomic E-state index is -4.39. The molecule has 8 nitrogen and oxygen atoms in total. The molecule has 0 saturated carbocycles. The molecule has 0 spiro atoms. The molecule has 154 valence electrons. The predicted octanol–water partition coefficient (Wildman–Crippen LogP) is 5.06. The van der Waals surface area contributed by atoms with Gasteiger partial charge >= 0.3 is 10.4 Å². The van der Waals surface area contributed by atoms with Crippen molar-refractivity contribution >= 4 is 48.5 Å². The first kappa shape index (κ1) is 21.3. The number of aryl methyl sites for hydroxylation is 1. The number of para-hydroxylation sites is 1. The maximum absolute atomic E-state index is 10.6. The lowest BCUT2D eigenvalue weighted by Crippen LogP contribution is -2.25. The maximum atomic E-state index is 10.6. The SMILES string of the molecule is CCN(CCCOS(=O)(=O)O)c1ccc(/N=N/c2nc3ccccc3s2)c(C)c1. The summed E-state index contributed by atoms with van der Waals surface area (Å²) in [6.45, 7) is 5.25. The number of thiazole rings is 1. The zero-order chi connectivity index (χ0) is 20.9. The van der Waals surface area contributed by atoms with Gasteiger partial charge < -0.3 is 4.90 Å². The van der Waals surface area contributed by atoms with Gasteiger partial charge in [0.15, 0.2) is 0 Å². The number of nitrogens with zero attached hydrogens (tertiary/aromatic N) is 4. The number of fused-ring (bicyclic) bond motifs is 1. The summed E-state index contributed by atoms with van der Waals surface area (Å²) in [4.78, 5) is 6.55. The topological polar surface area (TPSA) is 104 Å². The van der Waals surface area contributed by atoms with Gasteiger partial charge in [-0.2, -0.15) is 8.42 Å². The van der Waals surface area contributed by atoms with Crippen molar-refractivity contribution in [2.24, 2.45) is 10.2 Å².